The first-order valence-corrected chi connectivity index (χ1v) is 5.97. The minimum Gasteiger partial charge on any atom is -0.359 e. The molecule has 0 saturated heterocycles. The minimum absolute atomic E-state index is 0.305. The number of hydrogen-bond donors (Lipinski definition) is 0. The molecule has 2 atom stereocenters. The number of methoxy groups -OCH3 is 1. The summed E-state index contributed by atoms with van der Waals surface area (Å²) in [4.78, 5) is 0. The van der Waals surface area contributed by atoms with Crippen LogP contribution >= 0.6 is 0 Å². The molecule has 86 valence electrons. The van der Waals surface area contributed by atoms with Crippen LogP contribution in [0.5, 0.6) is 0 Å². The minimum atomic E-state index is 0.305. The van der Waals surface area contributed by atoms with Gasteiger partial charge in [-0.25, -0.2) is 0 Å². The molecular weight excluding hydrogens is 188 g/mol. The largest absolute Gasteiger partial charge is 0.359 e. The molecule has 0 aromatic carbocycles. The SMILES string of the molecule is CCCCC#C[C@@H]1CCC[C@@H]1OCOC. The fourth-order valence-corrected chi connectivity index (χ4v) is 1.91. The van der Waals surface area contributed by atoms with Crippen molar-refractivity contribution in [2.24, 2.45) is 5.92 Å². The highest BCUT2D eigenvalue weighted by atomic mass is 16.7. The van der Waals surface area contributed by atoms with Crippen LogP contribution in [0.15, 0.2) is 0 Å². The van der Waals surface area contributed by atoms with E-state index in [0.717, 1.165) is 12.8 Å². The summed E-state index contributed by atoms with van der Waals surface area (Å²) in [6.07, 6.45) is 7.33. The number of hydrogen-bond acceptors (Lipinski definition) is 2. The highest BCUT2D eigenvalue weighted by Crippen LogP contribution is 2.27. The molecule has 0 aliphatic heterocycles. The van der Waals surface area contributed by atoms with Gasteiger partial charge in [-0.1, -0.05) is 19.3 Å². The molecule has 0 aromatic rings. The quantitative estimate of drug-likeness (QED) is 0.394. The molecule has 0 heterocycles. The summed E-state index contributed by atoms with van der Waals surface area (Å²) in [5.41, 5.74) is 0. The van der Waals surface area contributed by atoms with Crippen LogP contribution in [0.2, 0.25) is 0 Å². The Morgan fingerprint density at radius 1 is 1.33 bits per heavy atom. The summed E-state index contributed by atoms with van der Waals surface area (Å²) in [5, 5.41) is 0. The van der Waals surface area contributed by atoms with E-state index < -0.39 is 0 Å². The van der Waals surface area contributed by atoms with E-state index in [2.05, 4.69) is 18.8 Å². The predicted octanol–water partition coefficient (Wildman–Crippen LogP) is 2.97. The molecule has 1 saturated carbocycles. The van der Waals surface area contributed by atoms with E-state index in [1.54, 1.807) is 7.11 Å². The lowest BCUT2D eigenvalue weighted by molar-refractivity contribution is -0.0768. The van der Waals surface area contributed by atoms with Crippen LogP contribution in [0.1, 0.15) is 45.4 Å². The van der Waals surface area contributed by atoms with Crippen LogP contribution in [0.25, 0.3) is 0 Å². The van der Waals surface area contributed by atoms with Crippen molar-refractivity contribution in [1.29, 1.82) is 0 Å². The Labute approximate surface area is 93.3 Å². The molecule has 1 rings (SSSR count). The van der Waals surface area contributed by atoms with Gasteiger partial charge < -0.3 is 9.47 Å². The highest BCUT2D eigenvalue weighted by molar-refractivity contribution is 5.07. The molecule has 1 fully saturated rings. The Hall–Kier alpha value is -0.520. The van der Waals surface area contributed by atoms with Gasteiger partial charge in [0.25, 0.3) is 0 Å². The smallest absolute Gasteiger partial charge is 0.146 e. The summed E-state index contributed by atoms with van der Waals surface area (Å²) in [7, 11) is 1.66. The molecule has 0 bridgehead atoms. The second kappa shape index (κ2) is 7.73. The molecule has 0 spiro atoms. The van der Waals surface area contributed by atoms with Gasteiger partial charge in [0, 0.05) is 19.4 Å². The van der Waals surface area contributed by atoms with E-state index in [1.165, 1.54) is 25.7 Å². The summed E-state index contributed by atoms with van der Waals surface area (Å²) in [5.74, 6) is 7.05. The Bertz CT molecular complexity index is 214. The second-order valence-electron chi connectivity index (χ2n) is 4.07. The van der Waals surface area contributed by atoms with Crippen molar-refractivity contribution in [3.63, 3.8) is 0 Å². The van der Waals surface area contributed by atoms with Gasteiger partial charge in [0.2, 0.25) is 0 Å². The molecule has 1 aliphatic carbocycles. The van der Waals surface area contributed by atoms with Gasteiger partial charge in [-0.15, -0.1) is 5.92 Å². The van der Waals surface area contributed by atoms with Crippen molar-refractivity contribution in [3.8, 4) is 11.8 Å². The van der Waals surface area contributed by atoms with Gasteiger partial charge in [0.15, 0.2) is 0 Å². The summed E-state index contributed by atoms with van der Waals surface area (Å²) >= 11 is 0. The lowest BCUT2D eigenvalue weighted by Gasteiger charge is -2.14. The van der Waals surface area contributed by atoms with Crippen molar-refractivity contribution in [1.82, 2.24) is 0 Å². The lowest BCUT2D eigenvalue weighted by Crippen LogP contribution is -2.18. The van der Waals surface area contributed by atoms with Gasteiger partial charge in [0.05, 0.1) is 6.10 Å². The zero-order chi connectivity index (χ0) is 10.9. The molecule has 0 aromatic heterocycles. The van der Waals surface area contributed by atoms with E-state index in [4.69, 9.17) is 9.47 Å². The third kappa shape index (κ3) is 4.68. The highest BCUT2D eigenvalue weighted by Gasteiger charge is 2.26. The van der Waals surface area contributed by atoms with Crippen molar-refractivity contribution in [3.05, 3.63) is 0 Å². The van der Waals surface area contributed by atoms with Gasteiger partial charge in [-0.2, -0.15) is 0 Å². The Morgan fingerprint density at radius 2 is 2.20 bits per heavy atom. The average molecular weight is 210 g/mol. The average Bonchev–Trinajstić information content (AvgIpc) is 2.69. The molecule has 1 aliphatic rings. The summed E-state index contributed by atoms with van der Waals surface area (Å²) in [6.45, 7) is 2.60. The molecule has 15 heavy (non-hydrogen) atoms. The van der Waals surface area contributed by atoms with Crippen molar-refractivity contribution in [2.75, 3.05) is 13.9 Å². The topological polar surface area (TPSA) is 18.5 Å². The van der Waals surface area contributed by atoms with Gasteiger partial charge >= 0.3 is 0 Å². The Kier molecular flexibility index (Phi) is 6.47. The zero-order valence-electron chi connectivity index (χ0n) is 9.92. The van der Waals surface area contributed by atoms with E-state index in [9.17, 15) is 0 Å². The fraction of sp³-hybridized carbons (Fsp3) is 0.846. The van der Waals surface area contributed by atoms with Crippen molar-refractivity contribution in [2.45, 2.75) is 51.6 Å². The molecular formula is C13H22O2. The van der Waals surface area contributed by atoms with E-state index >= 15 is 0 Å². The van der Waals surface area contributed by atoms with Gasteiger partial charge in [-0.3, -0.25) is 0 Å². The normalized spacial score (nSPS) is 24.9. The molecule has 0 unspecified atom stereocenters. The van der Waals surface area contributed by atoms with Crippen LogP contribution < -0.4 is 0 Å². The maximum absolute atomic E-state index is 5.60. The van der Waals surface area contributed by atoms with Crippen LogP contribution in [-0.4, -0.2) is 20.0 Å². The van der Waals surface area contributed by atoms with Crippen LogP contribution in [0, 0.1) is 17.8 Å². The summed E-state index contributed by atoms with van der Waals surface area (Å²) < 4.78 is 10.5. The van der Waals surface area contributed by atoms with E-state index in [0.29, 0.717) is 18.8 Å². The third-order valence-electron chi connectivity index (χ3n) is 2.80. The standard InChI is InChI=1S/C13H22O2/c1-3-4-5-6-8-12-9-7-10-13(12)15-11-14-2/h12-13H,3-5,7,9-11H2,1-2H3/t12-,13+/m1/s1. The Morgan fingerprint density at radius 3 is 2.93 bits per heavy atom. The molecule has 0 radical (unpaired) electrons. The molecule has 0 amide bonds. The first kappa shape index (κ1) is 12.5. The van der Waals surface area contributed by atoms with Crippen molar-refractivity contribution < 1.29 is 9.47 Å². The zero-order valence-corrected chi connectivity index (χ0v) is 9.92. The first-order valence-electron chi connectivity index (χ1n) is 5.97. The van der Waals surface area contributed by atoms with Crippen LogP contribution in [-0.2, 0) is 9.47 Å². The third-order valence-corrected chi connectivity index (χ3v) is 2.80. The number of ether oxygens (including phenoxy) is 2. The monoisotopic (exact) mass is 210 g/mol. The maximum atomic E-state index is 5.60. The number of rotatable bonds is 5. The van der Waals surface area contributed by atoms with Gasteiger partial charge in [0.1, 0.15) is 6.79 Å². The van der Waals surface area contributed by atoms with Crippen LogP contribution in [0.4, 0.5) is 0 Å². The fourth-order valence-electron chi connectivity index (χ4n) is 1.91. The molecule has 0 N–H and O–H groups in total. The second-order valence-corrected chi connectivity index (χ2v) is 4.07. The first-order chi connectivity index (χ1) is 7.38. The maximum Gasteiger partial charge on any atom is 0.146 e. The molecule has 2 heteroatoms. The van der Waals surface area contributed by atoms with E-state index in [-0.39, 0.29) is 0 Å². The number of unbranched alkanes of at least 4 members (excludes halogenated alkanes) is 2. The lowest BCUT2D eigenvalue weighted by atomic mass is 10.1. The molecule has 2 nitrogen and oxygen atoms in total. The van der Waals surface area contributed by atoms with Crippen molar-refractivity contribution >= 4 is 0 Å². The predicted molar refractivity (Wildman–Crippen MR) is 61.4 cm³/mol. The summed E-state index contributed by atoms with van der Waals surface area (Å²) in [6, 6.07) is 0. The van der Waals surface area contributed by atoms with E-state index in [1.807, 2.05) is 0 Å². The van der Waals surface area contributed by atoms with Crippen LogP contribution in [0.3, 0.4) is 0 Å². The van der Waals surface area contributed by atoms with Gasteiger partial charge in [-0.05, 0) is 25.7 Å². The Balaban J connectivity index is 2.27.